The maximum absolute atomic E-state index is 12.9. The molecule has 95 heavy (non-hydrogen) atoms. The van der Waals surface area contributed by atoms with Crippen molar-refractivity contribution < 1.29 is 55.8 Å². The molecule has 0 fully saturated rings. The van der Waals surface area contributed by atoms with Gasteiger partial charge in [-0.15, -0.1) is 0 Å². The molecule has 0 aliphatic heterocycles. The number of hydrogen-bond donors (Lipinski definition) is 0. The number of esters is 4. The van der Waals surface area contributed by atoms with Crippen LogP contribution < -0.4 is 18.9 Å². The van der Waals surface area contributed by atoms with Crippen molar-refractivity contribution in [2.24, 2.45) is 11.8 Å². The van der Waals surface area contributed by atoms with Gasteiger partial charge in [-0.3, -0.25) is 0 Å². The third-order valence-electron chi connectivity index (χ3n) is 17.9. The molecule has 516 valence electrons. The van der Waals surface area contributed by atoms with Crippen LogP contribution in [-0.4, -0.2) is 75.5 Å². The summed E-state index contributed by atoms with van der Waals surface area (Å²) in [7, 11) is -5.87. The topological polar surface area (TPSA) is 142 Å². The van der Waals surface area contributed by atoms with Crippen LogP contribution in [0.15, 0.2) is 146 Å². The maximum atomic E-state index is 12.9. The second kappa shape index (κ2) is 41.5. The first-order valence-corrected chi connectivity index (χ1v) is 44.9. The maximum Gasteiger partial charge on any atom is 0.343 e. The Labute approximate surface area is 573 Å². The van der Waals surface area contributed by atoms with Crippen LogP contribution in [0.2, 0.25) is 51.4 Å². The summed E-state index contributed by atoms with van der Waals surface area (Å²) in [5.74, 6) is 1.71. The van der Waals surface area contributed by atoms with Crippen molar-refractivity contribution in [1.82, 2.24) is 0 Å². The molecule has 6 aromatic rings. The van der Waals surface area contributed by atoms with Crippen LogP contribution >= 0.6 is 0 Å². The van der Waals surface area contributed by atoms with Crippen molar-refractivity contribution in [3.05, 3.63) is 168 Å². The van der Waals surface area contributed by atoms with E-state index in [9.17, 15) is 19.2 Å². The average molecular weight is 1350 g/mol. The third kappa shape index (κ3) is 29.3. The minimum atomic E-state index is -2.23. The molecule has 0 radical (unpaired) electrons. The SMILES string of the molecule is CCC(CC)COC(=O)c1ccc(-c2ccc(OC(=O)c3ccc(OCCCCCCCCCCC[Si](C)(C)O[Si](C)(C)O[Si](C)(C)CCCCCCCCCCCOc4ccc(C(=O)Oc5ccc(-c6ccc(C(=O)OCC(CC)CC)cc6)cc5)cc4)cc3)cc2)cc1. The average Bonchev–Trinajstić information content (AvgIpc) is 1.59. The zero-order chi connectivity index (χ0) is 68.3. The number of unbranched alkanes of at least 4 members (excludes halogenated alkanes) is 16. The van der Waals surface area contributed by atoms with Crippen molar-refractivity contribution in [2.75, 3.05) is 26.4 Å². The fourth-order valence-electron chi connectivity index (χ4n) is 12.0. The minimum absolute atomic E-state index is 0.305. The molecule has 0 N–H and O–H groups in total. The number of carbonyl (C=O) groups is 4. The monoisotopic (exact) mass is 1350 g/mol. The molecule has 0 bridgehead atoms. The molecular weight excluding hydrogens is 1240 g/mol. The van der Waals surface area contributed by atoms with E-state index in [-0.39, 0.29) is 11.9 Å². The Balaban J connectivity index is 0.709. The van der Waals surface area contributed by atoms with Gasteiger partial charge in [0.2, 0.25) is 0 Å². The van der Waals surface area contributed by atoms with E-state index < -0.39 is 37.1 Å². The molecule has 12 nitrogen and oxygen atoms in total. The molecule has 0 aromatic heterocycles. The van der Waals surface area contributed by atoms with Gasteiger partial charge in [0.15, 0.2) is 16.6 Å². The molecular formula is C80H112O12Si3. The number of benzene rings is 6. The summed E-state index contributed by atoms with van der Waals surface area (Å²) in [5, 5.41) is 0. The van der Waals surface area contributed by atoms with Gasteiger partial charge in [-0.1, -0.05) is 205 Å². The van der Waals surface area contributed by atoms with E-state index in [1.807, 2.05) is 72.8 Å². The second-order valence-corrected chi connectivity index (χ2v) is 39.7. The molecule has 6 rings (SSSR count). The predicted molar refractivity (Wildman–Crippen MR) is 394 cm³/mol. The van der Waals surface area contributed by atoms with Gasteiger partial charge in [0.1, 0.15) is 23.0 Å². The smallest absolute Gasteiger partial charge is 0.343 e. The molecule has 0 unspecified atom stereocenters. The standard InChI is InChI=1S/C80H112O12Si3/c1-11-63(12-2)61-87-77(81)69-37-33-65(34-38-69)67-41-53-75(54-42-67)89-79(83)71-45-49-73(50-46-71)85-57-29-25-21-17-15-19-23-27-31-59-93(5,6)91-95(9,10)92-94(7,8)60-32-28-24-20-16-18-22-26-30-58-86-74-51-47-72(48-52-74)80(84)90-76-55-43-68(44-56-76)66-35-39-70(40-36-66)78(82)88-62-64(13-3)14-4/h33-56,63-64H,11-32,57-62H2,1-10H3. The fraction of sp³-hybridized carbons (Fsp3) is 0.500. The van der Waals surface area contributed by atoms with E-state index in [4.69, 9.17) is 36.7 Å². The van der Waals surface area contributed by atoms with Gasteiger partial charge in [-0.25, -0.2) is 19.2 Å². The van der Waals surface area contributed by atoms with Gasteiger partial charge >= 0.3 is 32.4 Å². The van der Waals surface area contributed by atoms with Gasteiger partial charge < -0.3 is 36.7 Å². The van der Waals surface area contributed by atoms with E-state index in [1.165, 1.54) is 102 Å². The normalized spacial score (nSPS) is 11.8. The largest absolute Gasteiger partial charge is 0.494 e. The summed E-state index contributed by atoms with van der Waals surface area (Å²) in [4.78, 5) is 50.9. The lowest BCUT2D eigenvalue weighted by Gasteiger charge is -2.39. The highest BCUT2D eigenvalue weighted by molar-refractivity contribution is 6.87. The molecule has 0 amide bonds. The highest BCUT2D eigenvalue weighted by Gasteiger charge is 2.39. The summed E-state index contributed by atoms with van der Waals surface area (Å²) >= 11 is 0. The Morgan fingerprint density at radius 1 is 0.305 bits per heavy atom. The van der Waals surface area contributed by atoms with Crippen LogP contribution in [-0.2, 0) is 17.7 Å². The Morgan fingerprint density at radius 3 is 0.842 bits per heavy atom. The molecule has 15 heteroatoms. The van der Waals surface area contributed by atoms with Gasteiger partial charge in [0.05, 0.1) is 48.7 Å². The quantitative estimate of drug-likeness (QED) is 0.0155. The third-order valence-corrected chi connectivity index (χ3v) is 29.3. The van der Waals surface area contributed by atoms with E-state index in [0.717, 1.165) is 85.1 Å². The van der Waals surface area contributed by atoms with Crippen LogP contribution in [0.3, 0.4) is 0 Å². The first-order valence-electron chi connectivity index (χ1n) is 35.8. The minimum Gasteiger partial charge on any atom is -0.494 e. The summed E-state index contributed by atoms with van der Waals surface area (Å²) in [6.45, 7) is 24.7. The van der Waals surface area contributed by atoms with Gasteiger partial charge in [0.25, 0.3) is 0 Å². The molecule has 0 saturated carbocycles. The zero-order valence-electron chi connectivity index (χ0n) is 59.2. The van der Waals surface area contributed by atoms with Crippen molar-refractivity contribution in [3.8, 4) is 45.3 Å². The fourth-order valence-corrected chi connectivity index (χ4v) is 26.2. The lowest BCUT2D eigenvalue weighted by Crippen LogP contribution is -2.52. The lowest BCUT2D eigenvalue weighted by molar-refractivity contribution is 0.0424. The summed E-state index contributed by atoms with van der Waals surface area (Å²) in [6, 6.07) is 46.1. The molecule has 0 aliphatic carbocycles. The van der Waals surface area contributed by atoms with E-state index >= 15 is 0 Å². The van der Waals surface area contributed by atoms with Gasteiger partial charge in [-0.05, 0) is 195 Å². The van der Waals surface area contributed by atoms with E-state index in [2.05, 4.69) is 67.0 Å². The first kappa shape index (κ1) is 77.4. The number of carbonyl (C=O) groups excluding carboxylic acids is 4. The van der Waals surface area contributed by atoms with Crippen LogP contribution in [0.1, 0.15) is 210 Å². The van der Waals surface area contributed by atoms with Crippen LogP contribution in [0.4, 0.5) is 0 Å². The summed E-state index contributed by atoms with van der Waals surface area (Å²) in [5.41, 5.74) is 5.77. The van der Waals surface area contributed by atoms with Crippen molar-refractivity contribution in [3.63, 3.8) is 0 Å². The van der Waals surface area contributed by atoms with Crippen LogP contribution in [0, 0.1) is 11.8 Å². The lowest BCUT2D eigenvalue weighted by atomic mass is 10.0. The molecule has 0 heterocycles. The molecule has 0 atom stereocenters. The molecule has 0 aliphatic rings. The van der Waals surface area contributed by atoms with Crippen molar-refractivity contribution in [1.29, 1.82) is 0 Å². The molecule has 0 spiro atoms. The Morgan fingerprint density at radius 2 is 0.547 bits per heavy atom. The molecule has 0 saturated heterocycles. The number of rotatable bonds is 46. The Bertz CT molecular complexity index is 2940. The van der Waals surface area contributed by atoms with Gasteiger partial charge in [0, 0.05) is 0 Å². The second-order valence-electron chi connectivity index (χ2n) is 27.3. The Hall–Kier alpha value is -6.63. The molecule has 6 aromatic carbocycles. The van der Waals surface area contributed by atoms with Crippen molar-refractivity contribution >= 4 is 49.1 Å². The van der Waals surface area contributed by atoms with Crippen LogP contribution in [0.25, 0.3) is 22.3 Å². The summed E-state index contributed by atoms with van der Waals surface area (Å²) in [6.07, 6.45) is 25.9. The first-order chi connectivity index (χ1) is 45.8. The predicted octanol–water partition coefficient (Wildman–Crippen LogP) is 22.3. The highest BCUT2D eigenvalue weighted by Crippen LogP contribution is 2.30. The number of hydrogen-bond acceptors (Lipinski definition) is 12. The Kier molecular flexibility index (Phi) is 33.8. The van der Waals surface area contributed by atoms with Gasteiger partial charge in [-0.2, -0.15) is 0 Å². The van der Waals surface area contributed by atoms with Crippen LogP contribution in [0.5, 0.6) is 23.0 Å². The zero-order valence-corrected chi connectivity index (χ0v) is 62.2. The number of ether oxygens (including phenoxy) is 6. The van der Waals surface area contributed by atoms with Crippen molar-refractivity contribution in [2.45, 2.75) is 220 Å². The summed E-state index contributed by atoms with van der Waals surface area (Å²) < 4.78 is 48.2. The van der Waals surface area contributed by atoms with E-state index in [0.29, 0.717) is 72.0 Å². The van der Waals surface area contributed by atoms with E-state index in [1.54, 1.807) is 72.8 Å². The highest BCUT2D eigenvalue weighted by atomic mass is 28.5.